The molecule has 2 rings (SSSR count). The highest BCUT2D eigenvalue weighted by Gasteiger charge is 2.28. The topological polar surface area (TPSA) is 35.5 Å². The van der Waals surface area contributed by atoms with Gasteiger partial charge in [0.2, 0.25) is 0 Å². The third kappa shape index (κ3) is 4.36. The molecule has 1 aliphatic rings. The third-order valence-electron chi connectivity index (χ3n) is 5.50. The first-order valence-corrected chi connectivity index (χ1v) is 11.7. The van der Waals surface area contributed by atoms with Crippen molar-refractivity contribution in [1.82, 2.24) is 0 Å². The van der Waals surface area contributed by atoms with Gasteiger partial charge in [-0.2, -0.15) is 4.89 Å². The fourth-order valence-corrected chi connectivity index (χ4v) is 6.59. The Morgan fingerprint density at radius 1 is 1.25 bits per heavy atom. The first-order chi connectivity index (χ1) is 11.5. The third-order valence-corrected chi connectivity index (χ3v) is 10.3. The van der Waals surface area contributed by atoms with Crippen LogP contribution in [0.25, 0.3) is 0 Å². The van der Waals surface area contributed by atoms with E-state index in [4.69, 9.17) is 9.78 Å². The smallest absolute Gasteiger partial charge is 0.293 e. The lowest BCUT2D eigenvalue weighted by Crippen LogP contribution is -2.44. The van der Waals surface area contributed by atoms with Gasteiger partial charge in [-0.25, -0.2) is 4.79 Å². The van der Waals surface area contributed by atoms with Crippen molar-refractivity contribution in [3.63, 3.8) is 0 Å². The maximum Gasteiger partial charge on any atom is 0.373 e. The second-order valence-electron chi connectivity index (χ2n) is 7.01. The van der Waals surface area contributed by atoms with Gasteiger partial charge in [0.1, 0.15) is 14.2 Å². The van der Waals surface area contributed by atoms with E-state index in [0.717, 1.165) is 31.4 Å². The van der Waals surface area contributed by atoms with Crippen LogP contribution in [0.5, 0.6) is 0 Å². The number of benzene rings is 1. The van der Waals surface area contributed by atoms with Gasteiger partial charge in [0, 0.05) is 0 Å². The predicted molar refractivity (Wildman–Crippen MR) is 101 cm³/mol. The second-order valence-corrected chi connectivity index (χ2v) is 11.7. The van der Waals surface area contributed by atoms with E-state index in [1.54, 1.807) is 0 Å². The lowest BCUT2D eigenvalue weighted by Gasteiger charge is -2.26. The van der Waals surface area contributed by atoms with E-state index in [-0.39, 0.29) is 6.10 Å². The Kier molecular flexibility index (Phi) is 6.81. The molecular weight excluding hydrogens is 316 g/mol. The molecule has 1 aromatic rings. The Balaban J connectivity index is 1.97. The van der Waals surface area contributed by atoms with Gasteiger partial charge in [0.25, 0.3) is 0 Å². The summed E-state index contributed by atoms with van der Waals surface area (Å²) in [7, 11) is -1.62. The molecule has 24 heavy (non-hydrogen) atoms. The Morgan fingerprint density at radius 3 is 2.46 bits per heavy atom. The summed E-state index contributed by atoms with van der Waals surface area (Å²) in [5.41, 5.74) is 2.69. The van der Waals surface area contributed by atoms with Gasteiger partial charge in [0.05, 0.1) is 5.56 Å². The van der Waals surface area contributed by atoms with Crippen LogP contribution in [0.3, 0.4) is 0 Å². The molecule has 0 aromatic heterocycles. The van der Waals surface area contributed by atoms with Crippen LogP contribution in [-0.4, -0.2) is 20.1 Å². The quantitative estimate of drug-likeness (QED) is 0.405. The number of carbonyl (C=O) groups excluding carboxylic acids is 1. The first kappa shape index (κ1) is 18.9. The zero-order valence-corrected chi connectivity index (χ0v) is 16.2. The minimum atomic E-state index is -1.62. The lowest BCUT2D eigenvalue weighted by atomic mass is 9.89. The van der Waals surface area contributed by atoms with E-state index in [9.17, 15) is 4.79 Å². The summed E-state index contributed by atoms with van der Waals surface area (Å²) in [5, 5.41) is 1.32. The fraction of sp³-hybridized carbons (Fsp3) is 0.550. The summed E-state index contributed by atoms with van der Waals surface area (Å²) in [6.07, 6.45) is 4.35. The van der Waals surface area contributed by atoms with E-state index in [2.05, 4.69) is 45.2 Å². The molecule has 0 N–H and O–H groups in total. The predicted octanol–water partition coefficient (Wildman–Crippen LogP) is 4.77. The standard InChI is InChI=1S/C20H30O3Si/c1-5-24(6-2,7-3)19-13-11-17(12-14-19)20(21)23-22-18-10-8-9-16(4)15-18/h5,11-14,16,18H,1,6-10,15H2,2-4H3. The minimum absolute atomic E-state index is 0.0398. The van der Waals surface area contributed by atoms with Crippen molar-refractivity contribution in [2.45, 2.75) is 64.6 Å². The van der Waals surface area contributed by atoms with Crippen molar-refractivity contribution in [3.8, 4) is 0 Å². The van der Waals surface area contributed by atoms with Crippen molar-refractivity contribution < 1.29 is 14.6 Å². The second kappa shape index (κ2) is 8.63. The Hall–Kier alpha value is -1.39. The van der Waals surface area contributed by atoms with Gasteiger partial charge in [-0.3, -0.25) is 4.89 Å². The van der Waals surface area contributed by atoms with Crippen LogP contribution in [0.15, 0.2) is 36.5 Å². The summed E-state index contributed by atoms with van der Waals surface area (Å²) in [6.45, 7) is 10.7. The van der Waals surface area contributed by atoms with Gasteiger partial charge in [0.15, 0.2) is 0 Å². The largest absolute Gasteiger partial charge is 0.373 e. The molecule has 3 nitrogen and oxygen atoms in total. The van der Waals surface area contributed by atoms with E-state index in [1.165, 1.54) is 11.6 Å². The SMILES string of the molecule is C=C[Si](CC)(CC)c1ccc(C(=O)OOC2CCCC(C)C2)cc1. The molecule has 2 atom stereocenters. The van der Waals surface area contributed by atoms with Crippen LogP contribution in [0.2, 0.25) is 12.1 Å². The van der Waals surface area contributed by atoms with E-state index in [1.807, 2.05) is 12.1 Å². The van der Waals surface area contributed by atoms with Crippen LogP contribution in [-0.2, 0) is 9.78 Å². The van der Waals surface area contributed by atoms with Crippen molar-refractivity contribution >= 4 is 19.2 Å². The molecule has 0 radical (unpaired) electrons. The maximum absolute atomic E-state index is 12.2. The average Bonchev–Trinajstić information content (AvgIpc) is 2.62. The van der Waals surface area contributed by atoms with Crippen LogP contribution < -0.4 is 5.19 Å². The zero-order valence-electron chi connectivity index (χ0n) is 15.2. The van der Waals surface area contributed by atoms with Crippen LogP contribution >= 0.6 is 0 Å². The fourth-order valence-electron chi connectivity index (χ4n) is 3.63. The minimum Gasteiger partial charge on any atom is -0.293 e. The molecule has 0 amide bonds. The molecule has 0 spiro atoms. The highest BCUT2D eigenvalue weighted by Crippen LogP contribution is 2.26. The molecule has 4 heteroatoms. The highest BCUT2D eigenvalue weighted by molar-refractivity contribution is 6.95. The van der Waals surface area contributed by atoms with Crippen LogP contribution in [0, 0.1) is 5.92 Å². The average molecular weight is 347 g/mol. The van der Waals surface area contributed by atoms with Crippen LogP contribution in [0.1, 0.15) is 56.8 Å². The molecule has 132 valence electrons. The molecule has 1 fully saturated rings. The first-order valence-electron chi connectivity index (χ1n) is 9.16. The van der Waals surface area contributed by atoms with Gasteiger partial charge in [-0.15, -0.1) is 6.58 Å². The molecule has 2 unspecified atom stereocenters. The summed E-state index contributed by atoms with van der Waals surface area (Å²) < 4.78 is 0. The molecule has 1 aliphatic carbocycles. The zero-order chi connectivity index (χ0) is 17.6. The molecule has 1 aromatic carbocycles. The molecular formula is C20H30O3Si. The van der Waals surface area contributed by atoms with Gasteiger partial charge in [-0.1, -0.05) is 68.7 Å². The summed E-state index contributed by atoms with van der Waals surface area (Å²) >= 11 is 0. The van der Waals surface area contributed by atoms with Gasteiger partial charge >= 0.3 is 5.97 Å². The van der Waals surface area contributed by atoms with Crippen molar-refractivity contribution in [2.75, 3.05) is 0 Å². The Bertz CT molecular complexity index is 549. The van der Waals surface area contributed by atoms with Crippen molar-refractivity contribution in [2.24, 2.45) is 5.92 Å². The van der Waals surface area contributed by atoms with Gasteiger partial charge < -0.3 is 0 Å². The highest BCUT2D eigenvalue weighted by atomic mass is 28.3. The van der Waals surface area contributed by atoms with Gasteiger partial charge in [-0.05, 0) is 30.9 Å². The molecule has 0 bridgehead atoms. The number of carbonyl (C=O) groups is 1. The maximum atomic E-state index is 12.2. The summed E-state index contributed by atoms with van der Waals surface area (Å²) in [5.74, 6) is 0.237. The molecule has 0 aliphatic heterocycles. The molecule has 0 heterocycles. The van der Waals surface area contributed by atoms with E-state index in [0.29, 0.717) is 11.5 Å². The normalized spacial score (nSPS) is 21.3. The monoisotopic (exact) mass is 346 g/mol. The van der Waals surface area contributed by atoms with E-state index < -0.39 is 14.0 Å². The van der Waals surface area contributed by atoms with Crippen LogP contribution in [0.4, 0.5) is 0 Å². The van der Waals surface area contributed by atoms with E-state index >= 15 is 0 Å². The molecule has 1 saturated carbocycles. The summed E-state index contributed by atoms with van der Waals surface area (Å²) in [4.78, 5) is 22.6. The Labute approximate surface area is 147 Å². The molecule has 0 saturated heterocycles. The number of rotatable bonds is 7. The number of hydrogen-bond acceptors (Lipinski definition) is 3. The lowest BCUT2D eigenvalue weighted by molar-refractivity contribution is -0.281. The summed E-state index contributed by atoms with van der Waals surface area (Å²) in [6, 6.07) is 10.1. The number of hydrogen-bond donors (Lipinski definition) is 0. The van der Waals surface area contributed by atoms with Crippen molar-refractivity contribution in [1.29, 1.82) is 0 Å². The Morgan fingerprint density at radius 2 is 1.92 bits per heavy atom. The van der Waals surface area contributed by atoms with Crippen molar-refractivity contribution in [3.05, 3.63) is 42.1 Å².